The summed E-state index contributed by atoms with van der Waals surface area (Å²) in [6, 6.07) is 5.93. The summed E-state index contributed by atoms with van der Waals surface area (Å²) in [5, 5.41) is 2.49. The van der Waals surface area contributed by atoms with Crippen LogP contribution < -0.4 is 10.1 Å². The van der Waals surface area contributed by atoms with Gasteiger partial charge in [-0.15, -0.1) is 0 Å². The van der Waals surface area contributed by atoms with Crippen LogP contribution in [0.4, 0.5) is 10.2 Å². The first-order chi connectivity index (χ1) is 15.5. The van der Waals surface area contributed by atoms with Gasteiger partial charge in [0.2, 0.25) is 0 Å². The van der Waals surface area contributed by atoms with E-state index in [1.54, 1.807) is 0 Å². The molecule has 1 aromatic heterocycles. The number of amides is 1. The number of pyridine rings is 1. The fourth-order valence-corrected chi connectivity index (χ4v) is 5.09. The molecule has 0 radical (unpaired) electrons. The summed E-state index contributed by atoms with van der Waals surface area (Å²) in [6.07, 6.45) is 2.24. The number of nitrogens with zero attached hydrogens (tertiary/aromatic N) is 1. The van der Waals surface area contributed by atoms with E-state index in [1.165, 1.54) is 18.2 Å². The van der Waals surface area contributed by atoms with Gasteiger partial charge < -0.3 is 14.8 Å². The number of aromatic nitrogens is 1. The van der Waals surface area contributed by atoms with Gasteiger partial charge in [0, 0.05) is 12.5 Å². The van der Waals surface area contributed by atoms with Crippen molar-refractivity contribution in [2.45, 2.75) is 30.1 Å². The van der Waals surface area contributed by atoms with Crippen molar-refractivity contribution >= 4 is 35.1 Å². The first-order valence-corrected chi connectivity index (χ1v) is 11.3. The summed E-state index contributed by atoms with van der Waals surface area (Å²) >= 11 is 0. The zero-order valence-corrected chi connectivity index (χ0v) is 18.4. The van der Waals surface area contributed by atoms with Crippen molar-refractivity contribution in [2.75, 3.05) is 31.3 Å². The van der Waals surface area contributed by atoms with Gasteiger partial charge in [-0.05, 0) is 55.5 Å². The number of hydrogen-bond donors (Lipinski definition) is 1. The number of halogens is 1. The number of nitrogens with one attached hydrogen (secondary N) is 1. The van der Waals surface area contributed by atoms with E-state index in [4.69, 9.17) is 13.6 Å². The van der Waals surface area contributed by atoms with E-state index in [-0.39, 0.29) is 58.8 Å². The maximum Gasteiger partial charge on any atom is 0.260 e. The standard InChI is InChI=1S/C21H23FN2O5S.H2S/c1-28-18-6-4-15(30(26,27)12-13-8-9-29-11-13)10-16(18)21(25)24-19-7-5-17(22)20(23-19)14-2-3-14;/h4-7,10,13-14H,2-3,8-9,11-12H2,1H3,(H,23,24,25);1H2/t13-;/m0./s1/i1D3;. The highest BCUT2D eigenvalue weighted by Crippen LogP contribution is 2.40. The molecule has 1 aliphatic carbocycles. The minimum absolute atomic E-state index is 0. The molecule has 1 aliphatic heterocycles. The predicted octanol–water partition coefficient (Wildman–Crippen LogP) is 3.28. The monoisotopic (exact) mass is 471 g/mol. The zero-order chi connectivity index (χ0) is 23.8. The molecule has 1 aromatic carbocycles. The van der Waals surface area contributed by atoms with Crippen LogP contribution in [-0.4, -0.2) is 45.3 Å². The second-order valence-electron chi connectivity index (χ2n) is 7.56. The van der Waals surface area contributed by atoms with E-state index in [0.29, 0.717) is 19.6 Å². The summed E-state index contributed by atoms with van der Waals surface area (Å²) < 4.78 is 72.0. The quantitative estimate of drug-likeness (QED) is 0.666. The molecular weight excluding hydrogens is 443 g/mol. The van der Waals surface area contributed by atoms with Crippen molar-refractivity contribution in [3.63, 3.8) is 0 Å². The average molecular weight is 472 g/mol. The van der Waals surface area contributed by atoms with Gasteiger partial charge in [-0.3, -0.25) is 4.79 Å². The molecular formula is C21H25FN2O5S2. The van der Waals surface area contributed by atoms with E-state index >= 15 is 0 Å². The number of rotatable bonds is 7. The minimum Gasteiger partial charge on any atom is -0.496 e. The number of sulfone groups is 1. The van der Waals surface area contributed by atoms with Crippen LogP contribution in [0.1, 0.15) is 45.3 Å². The molecule has 2 fully saturated rings. The predicted molar refractivity (Wildman–Crippen MR) is 118 cm³/mol. The average Bonchev–Trinajstić information content (AvgIpc) is 3.45. The Morgan fingerprint density at radius 3 is 2.81 bits per heavy atom. The molecule has 168 valence electrons. The Labute approximate surface area is 191 Å². The first-order valence-electron chi connectivity index (χ1n) is 11.1. The highest BCUT2D eigenvalue weighted by Gasteiger charge is 2.29. The Kier molecular flexibility index (Phi) is 6.00. The smallest absolute Gasteiger partial charge is 0.260 e. The number of carbonyl (C=O) groups excluding carboxylic acids is 1. The topological polar surface area (TPSA) is 94.6 Å². The highest BCUT2D eigenvalue weighted by molar-refractivity contribution is 7.91. The third-order valence-electron chi connectivity index (χ3n) is 5.22. The molecule has 1 amide bonds. The number of ether oxygens (including phenoxy) is 2. The van der Waals surface area contributed by atoms with Crippen molar-refractivity contribution < 1.29 is 31.2 Å². The fraction of sp³-hybridized carbons (Fsp3) is 0.429. The molecule has 2 aliphatic rings. The van der Waals surface area contributed by atoms with Crippen molar-refractivity contribution in [1.82, 2.24) is 4.98 Å². The molecule has 7 nitrogen and oxygen atoms in total. The van der Waals surface area contributed by atoms with Gasteiger partial charge in [-0.2, -0.15) is 13.5 Å². The summed E-state index contributed by atoms with van der Waals surface area (Å²) in [4.78, 5) is 17.0. The van der Waals surface area contributed by atoms with Crippen molar-refractivity contribution in [3.8, 4) is 5.75 Å². The van der Waals surface area contributed by atoms with Gasteiger partial charge in [-0.25, -0.2) is 17.8 Å². The summed E-state index contributed by atoms with van der Waals surface area (Å²) in [5.41, 5.74) is -0.0316. The lowest BCUT2D eigenvalue weighted by Gasteiger charge is -2.13. The molecule has 0 bridgehead atoms. The van der Waals surface area contributed by atoms with Crippen LogP contribution in [0.3, 0.4) is 0 Å². The zero-order valence-electron chi connectivity index (χ0n) is 19.6. The lowest BCUT2D eigenvalue weighted by Crippen LogP contribution is -2.19. The molecule has 0 unspecified atom stereocenters. The molecule has 2 aromatic rings. The van der Waals surface area contributed by atoms with Crippen molar-refractivity contribution in [2.24, 2.45) is 5.92 Å². The minimum atomic E-state index is -3.77. The van der Waals surface area contributed by atoms with Crippen LogP contribution in [0.2, 0.25) is 0 Å². The Morgan fingerprint density at radius 1 is 1.32 bits per heavy atom. The molecule has 31 heavy (non-hydrogen) atoms. The SMILES string of the molecule is S.[2H]C([2H])([2H])Oc1ccc(S(=O)(=O)C[C@H]2CCOC2)cc1C(=O)Nc1ccc(F)c(C2CC2)n1. The van der Waals surface area contributed by atoms with Crippen LogP contribution in [0, 0.1) is 11.7 Å². The van der Waals surface area contributed by atoms with Gasteiger partial charge in [0.1, 0.15) is 17.4 Å². The molecule has 0 spiro atoms. The highest BCUT2D eigenvalue weighted by atomic mass is 32.2. The number of methoxy groups -OCH3 is 1. The first kappa shape index (κ1) is 19.5. The molecule has 1 saturated carbocycles. The number of benzene rings is 1. The fourth-order valence-electron chi connectivity index (χ4n) is 3.44. The van der Waals surface area contributed by atoms with E-state index < -0.39 is 28.6 Å². The second kappa shape index (κ2) is 9.54. The largest absolute Gasteiger partial charge is 0.496 e. The third kappa shape index (κ3) is 5.36. The maximum absolute atomic E-state index is 14.0. The van der Waals surface area contributed by atoms with Crippen LogP contribution >= 0.6 is 13.5 Å². The van der Waals surface area contributed by atoms with Gasteiger partial charge >= 0.3 is 0 Å². The van der Waals surface area contributed by atoms with Gasteiger partial charge in [0.15, 0.2) is 9.84 Å². The van der Waals surface area contributed by atoms with Crippen LogP contribution in [-0.2, 0) is 14.6 Å². The second-order valence-corrected chi connectivity index (χ2v) is 9.60. The number of hydrogen-bond acceptors (Lipinski definition) is 6. The van der Waals surface area contributed by atoms with Crippen LogP contribution in [0.5, 0.6) is 5.75 Å². The summed E-state index contributed by atoms with van der Waals surface area (Å²) in [7, 11) is -6.63. The Balaban J connectivity index is 0.00000324. The summed E-state index contributed by atoms with van der Waals surface area (Å²) in [6.45, 7) is 0.832. The molecule has 1 atom stereocenters. The van der Waals surface area contributed by atoms with Crippen molar-refractivity contribution in [3.05, 3.63) is 47.4 Å². The van der Waals surface area contributed by atoms with Crippen LogP contribution in [0.25, 0.3) is 0 Å². The van der Waals surface area contributed by atoms with Crippen LogP contribution in [0.15, 0.2) is 35.2 Å². The van der Waals surface area contributed by atoms with Gasteiger partial charge in [0.25, 0.3) is 5.91 Å². The Bertz CT molecular complexity index is 1170. The van der Waals surface area contributed by atoms with E-state index in [0.717, 1.165) is 25.0 Å². The van der Waals surface area contributed by atoms with E-state index in [2.05, 4.69) is 10.3 Å². The Morgan fingerprint density at radius 2 is 2.13 bits per heavy atom. The normalized spacial score (nSPS) is 20.2. The van der Waals surface area contributed by atoms with E-state index in [9.17, 15) is 17.6 Å². The Hall–Kier alpha value is -2.17. The van der Waals surface area contributed by atoms with Gasteiger partial charge in [0.05, 0.1) is 39.7 Å². The maximum atomic E-state index is 14.0. The van der Waals surface area contributed by atoms with Crippen molar-refractivity contribution in [1.29, 1.82) is 0 Å². The molecule has 1 saturated heterocycles. The number of anilines is 1. The van der Waals surface area contributed by atoms with E-state index in [1.807, 2.05) is 0 Å². The lowest BCUT2D eigenvalue weighted by atomic mass is 10.2. The third-order valence-corrected chi connectivity index (χ3v) is 7.11. The molecule has 2 heterocycles. The number of carbonyl (C=O) groups is 1. The summed E-state index contributed by atoms with van der Waals surface area (Å²) in [5.74, 6) is -1.83. The van der Waals surface area contributed by atoms with Gasteiger partial charge in [-0.1, -0.05) is 0 Å². The lowest BCUT2D eigenvalue weighted by molar-refractivity contribution is 0.102. The molecule has 10 heteroatoms. The molecule has 4 rings (SSSR count). The molecule has 1 N–H and O–H groups in total.